The maximum atomic E-state index is 3.33. The number of hydrogen-bond acceptors (Lipinski definition) is 2. The van der Waals surface area contributed by atoms with Crippen molar-refractivity contribution in [3.8, 4) is 0 Å². The molecule has 2 rings (SSSR count). The van der Waals surface area contributed by atoms with Gasteiger partial charge in [0.1, 0.15) is 0 Å². The molecule has 0 amide bonds. The zero-order valence-corrected chi connectivity index (χ0v) is 8.90. The molecule has 0 bridgehead atoms. The predicted octanol–water partition coefficient (Wildman–Crippen LogP) is 2.48. The topological polar surface area (TPSA) is 12.0 Å². The lowest BCUT2D eigenvalue weighted by Crippen LogP contribution is -2.28. The van der Waals surface area contributed by atoms with Crippen molar-refractivity contribution in [1.82, 2.24) is 5.32 Å². The molecule has 1 nitrogen and oxygen atoms in total. The molecular formula is C11H15NS. The van der Waals surface area contributed by atoms with Gasteiger partial charge in [-0.25, -0.2) is 0 Å². The molecule has 0 spiro atoms. The molecule has 0 aliphatic carbocycles. The van der Waals surface area contributed by atoms with E-state index < -0.39 is 0 Å². The number of nitrogens with one attached hydrogen (secondary N) is 1. The highest BCUT2D eigenvalue weighted by atomic mass is 32.2. The van der Waals surface area contributed by atoms with Gasteiger partial charge in [0.25, 0.3) is 0 Å². The van der Waals surface area contributed by atoms with Crippen molar-refractivity contribution in [1.29, 1.82) is 0 Å². The van der Waals surface area contributed by atoms with Crippen LogP contribution in [0.4, 0.5) is 0 Å². The van der Waals surface area contributed by atoms with Crippen LogP contribution in [0.2, 0.25) is 0 Å². The predicted molar refractivity (Wildman–Crippen MR) is 58.4 cm³/mol. The Labute approximate surface area is 83.9 Å². The molecule has 1 heterocycles. The van der Waals surface area contributed by atoms with Crippen LogP contribution >= 0.6 is 11.8 Å². The molecule has 1 N–H and O–H groups in total. The van der Waals surface area contributed by atoms with Crippen molar-refractivity contribution >= 4 is 11.8 Å². The first kappa shape index (κ1) is 9.10. The van der Waals surface area contributed by atoms with E-state index in [0.29, 0.717) is 12.0 Å². The molecule has 1 aliphatic heterocycles. The van der Waals surface area contributed by atoms with Gasteiger partial charge in [-0.3, -0.25) is 0 Å². The normalized spacial score (nSPS) is 22.8. The number of likely N-dealkylation sites (N-methyl/N-ethyl adjacent to an activating group) is 1. The fraction of sp³-hybridized carbons (Fsp3) is 0.455. The number of benzene rings is 1. The number of hydrogen-bond donors (Lipinski definition) is 1. The van der Waals surface area contributed by atoms with Crippen LogP contribution in [0.25, 0.3) is 0 Å². The van der Waals surface area contributed by atoms with Crippen LogP contribution in [0, 0.1) is 0 Å². The zero-order chi connectivity index (χ0) is 9.26. The average Bonchev–Trinajstić information content (AvgIpc) is 2.60. The molecule has 0 radical (unpaired) electrons. The minimum atomic E-state index is 0.580. The first-order chi connectivity index (χ1) is 6.33. The second kappa shape index (κ2) is 3.72. The van der Waals surface area contributed by atoms with Gasteiger partial charge in [0, 0.05) is 22.6 Å². The molecule has 1 aromatic carbocycles. The summed E-state index contributed by atoms with van der Waals surface area (Å²) >= 11 is 1.98. The molecule has 2 heteroatoms. The molecule has 2 unspecified atom stereocenters. The van der Waals surface area contributed by atoms with E-state index >= 15 is 0 Å². The Morgan fingerprint density at radius 1 is 1.46 bits per heavy atom. The van der Waals surface area contributed by atoms with E-state index in [1.165, 1.54) is 16.2 Å². The summed E-state index contributed by atoms with van der Waals surface area (Å²) in [5.74, 6) is 1.91. The van der Waals surface area contributed by atoms with E-state index in [0.717, 1.165) is 0 Å². The van der Waals surface area contributed by atoms with E-state index in [4.69, 9.17) is 0 Å². The van der Waals surface area contributed by atoms with Crippen molar-refractivity contribution in [2.75, 3.05) is 12.8 Å². The maximum absolute atomic E-state index is 3.33. The smallest absolute Gasteiger partial charge is 0.0113 e. The first-order valence-electron chi connectivity index (χ1n) is 4.72. The second-order valence-electron chi connectivity index (χ2n) is 3.53. The maximum Gasteiger partial charge on any atom is 0.0113 e. The Morgan fingerprint density at radius 2 is 2.23 bits per heavy atom. The Kier molecular flexibility index (Phi) is 2.61. The van der Waals surface area contributed by atoms with E-state index in [1.54, 1.807) is 0 Å². The number of rotatable bonds is 2. The van der Waals surface area contributed by atoms with Crippen LogP contribution in [0.3, 0.4) is 0 Å². The van der Waals surface area contributed by atoms with Crippen LogP contribution in [0.1, 0.15) is 18.4 Å². The largest absolute Gasteiger partial charge is 0.317 e. The lowest BCUT2D eigenvalue weighted by molar-refractivity contribution is 0.531. The summed E-state index contributed by atoms with van der Waals surface area (Å²) in [7, 11) is 2.04. The zero-order valence-electron chi connectivity index (χ0n) is 8.08. The highest BCUT2D eigenvalue weighted by Crippen LogP contribution is 2.40. The highest BCUT2D eigenvalue weighted by molar-refractivity contribution is 7.99. The summed E-state index contributed by atoms with van der Waals surface area (Å²) in [4.78, 5) is 1.47. The molecule has 0 aromatic heterocycles. The number of fused-ring (bicyclic) bond motifs is 1. The number of thioether (sulfide) groups is 1. The van der Waals surface area contributed by atoms with Gasteiger partial charge in [-0.2, -0.15) is 0 Å². The molecule has 0 saturated carbocycles. The van der Waals surface area contributed by atoms with Gasteiger partial charge in [0.15, 0.2) is 0 Å². The SMILES string of the molecule is CNC(C)C1CSc2ccccc21. The summed E-state index contributed by atoms with van der Waals surface area (Å²) in [6.07, 6.45) is 0. The van der Waals surface area contributed by atoms with E-state index in [1.807, 2.05) is 18.8 Å². The van der Waals surface area contributed by atoms with Gasteiger partial charge in [-0.1, -0.05) is 18.2 Å². The monoisotopic (exact) mass is 193 g/mol. The Balaban J connectivity index is 2.28. The van der Waals surface area contributed by atoms with Crippen molar-refractivity contribution in [3.63, 3.8) is 0 Å². The third-order valence-corrected chi connectivity index (χ3v) is 4.00. The van der Waals surface area contributed by atoms with Crippen LogP contribution in [0.15, 0.2) is 29.2 Å². The Morgan fingerprint density at radius 3 is 3.00 bits per heavy atom. The van der Waals surface area contributed by atoms with Crippen LogP contribution in [0.5, 0.6) is 0 Å². The van der Waals surface area contributed by atoms with Gasteiger partial charge in [0.05, 0.1) is 0 Å². The second-order valence-corrected chi connectivity index (χ2v) is 4.59. The summed E-state index contributed by atoms with van der Waals surface area (Å²) < 4.78 is 0. The van der Waals surface area contributed by atoms with Crippen LogP contribution in [-0.4, -0.2) is 18.8 Å². The third-order valence-electron chi connectivity index (χ3n) is 2.80. The van der Waals surface area contributed by atoms with Crippen LogP contribution in [-0.2, 0) is 0 Å². The molecule has 0 saturated heterocycles. The van der Waals surface area contributed by atoms with Crippen molar-refractivity contribution in [3.05, 3.63) is 29.8 Å². The van der Waals surface area contributed by atoms with Gasteiger partial charge < -0.3 is 5.32 Å². The standard InChI is InChI=1S/C11H15NS/c1-8(12-2)10-7-13-11-6-4-3-5-9(10)11/h3-6,8,10,12H,7H2,1-2H3. The summed E-state index contributed by atoms with van der Waals surface area (Å²) in [5.41, 5.74) is 1.52. The minimum absolute atomic E-state index is 0.580. The van der Waals surface area contributed by atoms with Crippen molar-refractivity contribution in [2.24, 2.45) is 0 Å². The molecule has 13 heavy (non-hydrogen) atoms. The summed E-state index contributed by atoms with van der Waals surface area (Å²) in [6, 6.07) is 9.32. The Bertz CT molecular complexity index is 298. The van der Waals surface area contributed by atoms with Crippen LogP contribution < -0.4 is 5.32 Å². The van der Waals surface area contributed by atoms with Crippen molar-refractivity contribution in [2.45, 2.75) is 23.8 Å². The van der Waals surface area contributed by atoms with Crippen molar-refractivity contribution < 1.29 is 0 Å². The molecular weight excluding hydrogens is 178 g/mol. The molecule has 0 fully saturated rings. The highest BCUT2D eigenvalue weighted by Gasteiger charge is 2.26. The molecule has 1 aromatic rings. The summed E-state index contributed by atoms with van der Waals surface area (Å²) in [6.45, 7) is 2.26. The van der Waals surface area contributed by atoms with Gasteiger partial charge >= 0.3 is 0 Å². The van der Waals surface area contributed by atoms with Gasteiger partial charge in [-0.05, 0) is 25.6 Å². The molecule has 2 atom stereocenters. The quantitative estimate of drug-likeness (QED) is 0.774. The molecule has 1 aliphatic rings. The lowest BCUT2D eigenvalue weighted by Gasteiger charge is -2.18. The Hall–Kier alpha value is -0.470. The van der Waals surface area contributed by atoms with Gasteiger partial charge in [-0.15, -0.1) is 11.8 Å². The lowest BCUT2D eigenvalue weighted by atomic mass is 9.95. The van der Waals surface area contributed by atoms with Gasteiger partial charge in [0.2, 0.25) is 0 Å². The summed E-state index contributed by atoms with van der Waals surface area (Å²) in [5, 5.41) is 3.33. The van der Waals surface area contributed by atoms with E-state index in [2.05, 4.69) is 36.5 Å². The third kappa shape index (κ3) is 1.61. The van der Waals surface area contributed by atoms with E-state index in [-0.39, 0.29) is 0 Å². The fourth-order valence-electron chi connectivity index (χ4n) is 1.80. The van der Waals surface area contributed by atoms with E-state index in [9.17, 15) is 0 Å². The minimum Gasteiger partial charge on any atom is -0.317 e. The first-order valence-corrected chi connectivity index (χ1v) is 5.70. The molecule has 70 valence electrons. The average molecular weight is 193 g/mol. The fourth-order valence-corrected chi connectivity index (χ4v) is 3.19.